The average molecular weight is 302 g/mol. The molecule has 0 saturated heterocycles. The first-order valence-electron chi connectivity index (χ1n) is 6.32. The molecule has 8 heteroatoms. The van der Waals surface area contributed by atoms with Gasteiger partial charge in [0.1, 0.15) is 5.56 Å². The number of nitrogens with one attached hydrogen (secondary N) is 1. The van der Waals surface area contributed by atoms with E-state index < -0.39 is 39.3 Å². The number of hydrogen-bond acceptors (Lipinski definition) is 4. The van der Waals surface area contributed by atoms with Gasteiger partial charge in [0, 0.05) is 6.54 Å². The van der Waals surface area contributed by atoms with Gasteiger partial charge in [0.25, 0.3) is 11.6 Å². The molecule has 0 aliphatic carbocycles. The van der Waals surface area contributed by atoms with Gasteiger partial charge in [-0.1, -0.05) is 13.3 Å². The zero-order valence-corrected chi connectivity index (χ0v) is 11.7. The number of nitro groups is 1. The number of carbonyl (C=O) groups excluding carboxylic acids is 1. The highest BCUT2D eigenvalue weighted by Gasteiger charge is 2.26. The van der Waals surface area contributed by atoms with Crippen molar-refractivity contribution < 1.29 is 23.6 Å². The SMILES string of the molecule is CCCC(C)(O)CNC(=O)c1cc(F)c(F)cc1[N+](=O)[O-]. The second-order valence-corrected chi connectivity index (χ2v) is 4.97. The van der Waals surface area contributed by atoms with E-state index in [0.29, 0.717) is 25.0 Å². The molecule has 0 radical (unpaired) electrons. The fourth-order valence-electron chi connectivity index (χ4n) is 1.86. The van der Waals surface area contributed by atoms with Crippen molar-refractivity contribution in [3.8, 4) is 0 Å². The Bertz CT molecular complexity index is 561. The summed E-state index contributed by atoms with van der Waals surface area (Å²) in [6, 6.07) is 0.825. The maximum atomic E-state index is 13.2. The van der Waals surface area contributed by atoms with Gasteiger partial charge in [-0.05, 0) is 19.4 Å². The molecule has 0 saturated carbocycles. The number of benzene rings is 1. The van der Waals surface area contributed by atoms with Gasteiger partial charge < -0.3 is 10.4 Å². The highest BCUT2D eigenvalue weighted by atomic mass is 19.2. The summed E-state index contributed by atoms with van der Waals surface area (Å²) in [6.07, 6.45) is 1.08. The summed E-state index contributed by atoms with van der Waals surface area (Å²) >= 11 is 0. The summed E-state index contributed by atoms with van der Waals surface area (Å²) < 4.78 is 26.2. The molecule has 0 heterocycles. The number of amides is 1. The Morgan fingerprint density at radius 1 is 1.43 bits per heavy atom. The molecule has 1 unspecified atom stereocenters. The van der Waals surface area contributed by atoms with E-state index in [4.69, 9.17) is 0 Å². The molecule has 1 atom stereocenters. The Labute approximate surface area is 119 Å². The second kappa shape index (κ2) is 6.57. The van der Waals surface area contributed by atoms with Gasteiger partial charge in [-0.2, -0.15) is 0 Å². The molecule has 0 aromatic heterocycles. The summed E-state index contributed by atoms with van der Waals surface area (Å²) in [7, 11) is 0. The highest BCUT2D eigenvalue weighted by Crippen LogP contribution is 2.22. The number of nitro benzene ring substituents is 1. The van der Waals surface area contributed by atoms with Gasteiger partial charge >= 0.3 is 0 Å². The Morgan fingerprint density at radius 2 is 2.00 bits per heavy atom. The van der Waals surface area contributed by atoms with Crippen molar-refractivity contribution in [1.82, 2.24) is 5.32 Å². The largest absolute Gasteiger partial charge is 0.388 e. The molecule has 6 nitrogen and oxygen atoms in total. The van der Waals surface area contributed by atoms with Crippen LogP contribution in [0.5, 0.6) is 0 Å². The summed E-state index contributed by atoms with van der Waals surface area (Å²) in [5, 5.41) is 23.0. The zero-order valence-electron chi connectivity index (χ0n) is 11.7. The molecule has 0 fully saturated rings. The lowest BCUT2D eigenvalue weighted by atomic mass is 10.0. The van der Waals surface area contributed by atoms with Crippen LogP contribution in [0.3, 0.4) is 0 Å². The van der Waals surface area contributed by atoms with Gasteiger partial charge in [-0.15, -0.1) is 0 Å². The Morgan fingerprint density at radius 3 is 2.52 bits per heavy atom. The summed E-state index contributed by atoms with van der Waals surface area (Å²) in [5.41, 5.74) is -2.61. The number of nitrogens with zero attached hydrogens (tertiary/aromatic N) is 1. The van der Waals surface area contributed by atoms with Gasteiger partial charge in [-0.3, -0.25) is 14.9 Å². The van der Waals surface area contributed by atoms with Crippen LogP contribution in [0.25, 0.3) is 0 Å². The molecule has 2 N–H and O–H groups in total. The predicted octanol–water partition coefficient (Wildman–Crippen LogP) is 2.15. The highest BCUT2D eigenvalue weighted by molar-refractivity contribution is 5.98. The molecule has 0 bridgehead atoms. The maximum Gasteiger partial charge on any atom is 0.285 e. The average Bonchev–Trinajstić information content (AvgIpc) is 2.38. The van der Waals surface area contributed by atoms with Crippen LogP contribution in [0.1, 0.15) is 37.0 Å². The molecule has 21 heavy (non-hydrogen) atoms. The molecule has 0 aliphatic rings. The molecule has 0 aliphatic heterocycles. The molecule has 0 spiro atoms. The van der Waals surface area contributed by atoms with Crippen molar-refractivity contribution in [2.45, 2.75) is 32.3 Å². The molecular formula is C13H16F2N2O4. The second-order valence-electron chi connectivity index (χ2n) is 4.97. The van der Waals surface area contributed by atoms with E-state index in [2.05, 4.69) is 5.32 Å². The maximum absolute atomic E-state index is 13.2. The summed E-state index contributed by atoms with van der Waals surface area (Å²) in [4.78, 5) is 21.7. The third-order valence-electron chi connectivity index (χ3n) is 2.90. The summed E-state index contributed by atoms with van der Waals surface area (Å²) in [6.45, 7) is 3.18. The number of hydrogen-bond donors (Lipinski definition) is 2. The first kappa shape index (κ1) is 17.0. The molecule has 1 rings (SSSR count). The molecule has 1 aromatic rings. The quantitative estimate of drug-likeness (QED) is 0.622. The molecule has 1 aromatic carbocycles. The third-order valence-corrected chi connectivity index (χ3v) is 2.90. The standard InChI is InChI=1S/C13H16F2N2O4/c1-3-4-13(2,19)7-16-12(18)8-5-9(14)10(15)6-11(8)17(20)21/h5-6,19H,3-4,7H2,1-2H3,(H,16,18). The minimum atomic E-state index is -1.41. The van der Waals surface area contributed by atoms with E-state index in [0.717, 1.165) is 0 Å². The normalized spacial score (nSPS) is 13.6. The van der Waals surface area contributed by atoms with Crippen molar-refractivity contribution in [1.29, 1.82) is 0 Å². The van der Waals surface area contributed by atoms with E-state index in [9.17, 15) is 28.8 Å². The monoisotopic (exact) mass is 302 g/mol. The lowest BCUT2D eigenvalue weighted by Gasteiger charge is -2.22. The van der Waals surface area contributed by atoms with Crippen molar-refractivity contribution in [2.24, 2.45) is 0 Å². The topological polar surface area (TPSA) is 92.5 Å². The number of aliphatic hydroxyl groups is 1. The fourth-order valence-corrected chi connectivity index (χ4v) is 1.86. The number of carbonyl (C=O) groups is 1. The van der Waals surface area contributed by atoms with Gasteiger partial charge in [-0.25, -0.2) is 8.78 Å². The van der Waals surface area contributed by atoms with E-state index >= 15 is 0 Å². The van der Waals surface area contributed by atoms with Crippen LogP contribution in [-0.2, 0) is 0 Å². The van der Waals surface area contributed by atoms with Crippen LogP contribution in [0.15, 0.2) is 12.1 Å². The Kier molecular flexibility index (Phi) is 5.31. The first-order valence-corrected chi connectivity index (χ1v) is 6.32. The summed E-state index contributed by atoms with van der Waals surface area (Å²) in [5.74, 6) is -3.71. The minimum absolute atomic E-state index is 0.157. The van der Waals surface area contributed by atoms with Crippen molar-refractivity contribution in [3.63, 3.8) is 0 Å². The lowest BCUT2D eigenvalue weighted by Crippen LogP contribution is -2.40. The van der Waals surface area contributed by atoms with Crippen molar-refractivity contribution in [3.05, 3.63) is 39.4 Å². The first-order chi connectivity index (χ1) is 9.68. The third kappa shape index (κ3) is 4.45. The predicted molar refractivity (Wildman–Crippen MR) is 70.9 cm³/mol. The van der Waals surface area contributed by atoms with E-state index in [-0.39, 0.29) is 6.54 Å². The smallest absolute Gasteiger partial charge is 0.285 e. The van der Waals surface area contributed by atoms with Crippen LogP contribution in [-0.4, -0.2) is 28.1 Å². The van der Waals surface area contributed by atoms with Crippen LogP contribution < -0.4 is 5.32 Å². The van der Waals surface area contributed by atoms with Crippen LogP contribution in [0, 0.1) is 21.7 Å². The minimum Gasteiger partial charge on any atom is -0.388 e. The van der Waals surface area contributed by atoms with Crippen molar-refractivity contribution in [2.75, 3.05) is 6.54 Å². The zero-order chi connectivity index (χ0) is 16.2. The van der Waals surface area contributed by atoms with E-state index in [1.54, 1.807) is 0 Å². The van der Waals surface area contributed by atoms with Crippen LogP contribution >= 0.6 is 0 Å². The molecule has 1 amide bonds. The van der Waals surface area contributed by atoms with Crippen molar-refractivity contribution >= 4 is 11.6 Å². The molecule has 116 valence electrons. The van der Waals surface area contributed by atoms with Gasteiger partial charge in [0.2, 0.25) is 0 Å². The molecular weight excluding hydrogens is 286 g/mol. The van der Waals surface area contributed by atoms with Gasteiger partial charge in [0.05, 0.1) is 16.6 Å². The Balaban J connectivity index is 2.97. The van der Waals surface area contributed by atoms with Gasteiger partial charge in [0.15, 0.2) is 11.6 Å². The van der Waals surface area contributed by atoms with E-state index in [1.165, 1.54) is 6.92 Å². The number of rotatable bonds is 6. The number of halogens is 2. The van der Waals surface area contributed by atoms with E-state index in [1.807, 2.05) is 6.92 Å². The van der Waals surface area contributed by atoms with Crippen LogP contribution in [0.4, 0.5) is 14.5 Å². The lowest BCUT2D eigenvalue weighted by molar-refractivity contribution is -0.385. The Hall–Kier alpha value is -2.09. The fraction of sp³-hybridized carbons (Fsp3) is 0.462. The van der Waals surface area contributed by atoms with Crippen LogP contribution in [0.2, 0.25) is 0 Å².